The first kappa shape index (κ1) is 17.0. The van der Waals surface area contributed by atoms with Crippen LogP contribution in [0, 0.1) is 10.1 Å². The molecule has 1 N–H and O–H groups in total. The van der Waals surface area contributed by atoms with Gasteiger partial charge in [-0.1, -0.05) is 30.3 Å². The third kappa shape index (κ3) is 2.97. The van der Waals surface area contributed by atoms with Crippen LogP contribution in [0.1, 0.15) is 31.7 Å². The number of nitrogens with one attached hydrogen (secondary N) is 1. The highest BCUT2D eigenvalue weighted by Crippen LogP contribution is 2.42. The predicted octanol–water partition coefficient (Wildman–Crippen LogP) is 2.36. The van der Waals surface area contributed by atoms with E-state index in [9.17, 15) is 14.9 Å². The molecule has 132 valence electrons. The van der Waals surface area contributed by atoms with E-state index in [0.717, 1.165) is 6.42 Å². The number of nitro groups is 1. The van der Waals surface area contributed by atoms with Crippen LogP contribution in [0.3, 0.4) is 0 Å². The zero-order chi connectivity index (χ0) is 18.0. The lowest BCUT2D eigenvalue weighted by atomic mass is 9.84. The van der Waals surface area contributed by atoms with Gasteiger partial charge in [0.05, 0.1) is 17.1 Å². The van der Waals surface area contributed by atoms with Crippen LogP contribution in [0.4, 0.5) is 0 Å². The second-order valence-electron chi connectivity index (χ2n) is 5.99. The Morgan fingerprint density at radius 1 is 1.40 bits per heavy atom. The molecule has 0 spiro atoms. The minimum Gasteiger partial charge on any atom is -0.463 e. The highest BCUT2D eigenvalue weighted by Gasteiger charge is 2.45. The van der Waals surface area contributed by atoms with Gasteiger partial charge < -0.3 is 15.0 Å². The number of carbonyl (C=O) groups excluding carboxylic acids is 1. The highest BCUT2D eigenvalue weighted by molar-refractivity contribution is 5.92. The molecule has 25 heavy (non-hydrogen) atoms. The van der Waals surface area contributed by atoms with E-state index in [-0.39, 0.29) is 17.2 Å². The van der Waals surface area contributed by atoms with Gasteiger partial charge in [0.25, 0.3) is 5.70 Å². The molecular formula is C18H21N3O4. The first-order chi connectivity index (χ1) is 12.1. The van der Waals surface area contributed by atoms with Gasteiger partial charge in [-0.2, -0.15) is 0 Å². The number of allylic oxidation sites excluding steroid dienone is 2. The molecule has 1 atom stereocenters. The summed E-state index contributed by atoms with van der Waals surface area (Å²) in [4.78, 5) is 26.0. The van der Waals surface area contributed by atoms with Crippen molar-refractivity contribution >= 4 is 5.97 Å². The smallest absolute Gasteiger partial charge is 0.336 e. The molecule has 0 aromatic heterocycles. The largest absolute Gasteiger partial charge is 0.463 e. The van der Waals surface area contributed by atoms with Crippen LogP contribution >= 0.6 is 0 Å². The Bertz CT molecular complexity index is 755. The molecule has 3 rings (SSSR count). The number of hydrogen-bond acceptors (Lipinski definition) is 6. The Labute approximate surface area is 146 Å². The molecule has 1 fully saturated rings. The number of ether oxygens (including phenoxy) is 1. The highest BCUT2D eigenvalue weighted by atomic mass is 16.6. The number of esters is 1. The lowest BCUT2D eigenvalue weighted by Crippen LogP contribution is -2.45. The summed E-state index contributed by atoms with van der Waals surface area (Å²) in [6, 6.07) is 9.09. The molecular weight excluding hydrogens is 322 g/mol. The monoisotopic (exact) mass is 343 g/mol. The van der Waals surface area contributed by atoms with Gasteiger partial charge in [-0.25, -0.2) is 4.79 Å². The Balaban J connectivity index is 2.22. The zero-order valence-corrected chi connectivity index (χ0v) is 14.3. The van der Waals surface area contributed by atoms with Gasteiger partial charge in [-0.3, -0.25) is 10.1 Å². The average molecular weight is 343 g/mol. The fourth-order valence-corrected chi connectivity index (χ4v) is 3.48. The molecule has 0 aliphatic carbocycles. The minimum atomic E-state index is -0.757. The zero-order valence-electron chi connectivity index (χ0n) is 14.3. The molecule has 7 nitrogen and oxygen atoms in total. The van der Waals surface area contributed by atoms with Gasteiger partial charge in [0.2, 0.25) is 0 Å². The first-order valence-electron chi connectivity index (χ1n) is 8.39. The number of benzene rings is 1. The van der Waals surface area contributed by atoms with Gasteiger partial charge in [-0.15, -0.1) is 0 Å². The van der Waals surface area contributed by atoms with Gasteiger partial charge >= 0.3 is 5.97 Å². The standard InChI is InChI=1S/C18H21N3O4/c1-3-25-18(22)14-12(2)20-11-7-10-19-17(20)16(21(23)24)15(14)13-8-5-4-6-9-13/h4-6,8-9,15,19H,3,7,10-11H2,1-2H3. The number of hydrogen-bond donors (Lipinski definition) is 1. The van der Waals surface area contributed by atoms with E-state index in [0.29, 0.717) is 35.7 Å². The summed E-state index contributed by atoms with van der Waals surface area (Å²) in [6.07, 6.45) is 0.845. The Hall–Kier alpha value is -2.83. The van der Waals surface area contributed by atoms with Crippen molar-refractivity contribution in [2.75, 3.05) is 19.7 Å². The van der Waals surface area contributed by atoms with Crippen LogP contribution in [0.25, 0.3) is 0 Å². The Kier molecular flexibility index (Phi) is 4.74. The molecule has 0 amide bonds. The number of nitrogens with zero attached hydrogens (tertiary/aromatic N) is 2. The van der Waals surface area contributed by atoms with Gasteiger partial charge in [0, 0.05) is 18.8 Å². The van der Waals surface area contributed by atoms with Crippen molar-refractivity contribution < 1.29 is 14.5 Å². The van der Waals surface area contributed by atoms with Crippen LogP contribution in [0.5, 0.6) is 0 Å². The summed E-state index contributed by atoms with van der Waals surface area (Å²) in [5.74, 6) is -0.777. The molecule has 7 heteroatoms. The second-order valence-corrected chi connectivity index (χ2v) is 5.99. The summed E-state index contributed by atoms with van der Waals surface area (Å²) in [6.45, 7) is 5.08. The van der Waals surface area contributed by atoms with Gasteiger partial charge in [-0.05, 0) is 25.8 Å². The summed E-state index contributed by atoms with van der Waals surface area (Å²) in [5, 5.41) is 15.1. The van der Waals surface area contributed by atoms with E-state index >= 15 is 0 Å². The third-order valence-corrected chi connectivity index (χ3v) is 4.55. The summed E-state index contributed by atoms with van der Waals surface area (Å²) < 4.78 is 5.22. The first-order valence-corrected chi connectivity index (χ1v) is 8.39. The fourth-order valence-electron chi connectivity index (χ4n) is 3.48. The topological polar surface area (TPSA) is 84.7 Å². The molecule has 2 aliphatic heterocycles. The van der Waals surface area contributed by atoms with Crippen molar-refractivity contribution in [2.45, 2.75) is 26.2 Å². The maximum absolute atomic E-state index is 12.7. The van der Waals surface area contributed by atoms with Crippen LogP contribution < -0.4 is 5.32 Å². The lowest BCUT2D eigenvalue weighted by molar-refractivity contribution is -0.432. The summed E-state index contributed by atoms with van der Waals surface area (Å²) in [7, 11) is 0. The minimum absolute atomic E-state index is 0.000414. The molecule has 1 unspecified atom stereocenters. The molecule has 1 saturated heterocycles. The quantitative estimate of drug-likeness (QED) is 0.513. The molecule has 2 aliphatic rings. The van der Waals surface area contributed by atoms with Crippen molar-refractivity contribution in [3.63, 3.8) is 0 Å². The third-order valence-electron chi connectivity index (χ3n) is 4.55. The van der Waals surface area contributed by atoms with E-state index in [2.05, 4.69) is 5.32 Å². The van der Waals surface area contributed by atoms with Crippen molar-refractivity contribution in [1.29, 1.82) is 0 Å². The van der Waals surface area contributed by atoms with E-state index in [4.69, 9.17) is 4.74 Å². The fraction of sp³-hybridized carbons (Fsp3) is 0.389. The van der Waals surface area contributed by atoms with Gasteiger partial charge in [0.15, 0.2) is 5.82 Å². The lowest BCUT2D eigenvalue weighted by Gasteiger charge is -2.38. The van der Waals surface area contributed by atoms with Crippen molar-refractivity contribution in [1.82, 2.24) is 10.2 Å². The number of carbonyl (C=O) groups is 1. The van der Waals surface area contributed by atoms with Crippen LogP contribution in [-0.2, 0) is 9.53 Å². The van der Waals surface area contributed by atoms with E-state index < -0.39 is 11.9 Å². The van der Waals surface area contributed by atoms with Crippen molar-refractivity contribution in [2.24, 2.45) is 0 Å². The molecule has 1 aromatic carbocycles. The normalized spacial score (nSPS) is 20.1. The van der Waals surface area contributed by atoms with E-state index in [1.54, 1.807) is 19.1 Å². The molecule has 2 heterocycles. The van der Waals surface area contributed by atoms with Crippen LogP contribution in [0.2, 0.25) is 0 Å². The Morgan fingerprint density at radius 2 is 2.12 bits per heavy atom. The van der Waals surface area contributed by atoms with Crippen molar-refractivity contribution in [3.05, 3.63) is 68.8 Å². The Morgan fingerprint density at radius 3 is 2.76 bits per heavy atom. The van der Waals surface area contributed by atoms with Crippen LogP contribution in [-0.4, -0.2) is 35.5 Å². The maximum atomic E-state index is 12.7. The van der Waals surface area contributed by atoms with E-state index in [1.807, 2.05) is 30.0 Å². The molecule has 0 saturated carbocycles. The average Bonchev–Trinajstić information content (AvgIpc) is 2.62. The summed E-state index contributed by atoms with van der Waals surface area (Å²) >= 11 is 0. The van der Waals surface area contributed by atoms with Crippen molar-refractivity contribution in [3.8, 4) is 0 Å². The molecule has 0 bridgehead atoms. The molecule has 0 radical (unpaired) electrons. The molecule has 1 aromatic rings. The number of fused-ring (bicyclic) bond motifs is 1. The number of rotatable bonds is 4. The van der Waals surface area contributed by atoms with Gasteiger partial charge in [0.1, 0.15) is 5.92 Å². The second kappa shape index (κ2) is 6.96. The van der Waals surface area contributed by atoms with Crippen LogP contribution in [0.15, 0.2) is 53.1 Å². The van der Waals surface area contributed by atoms with E-state index in [1.165, 1.54) is 0 Å². The maximum Gasteiger partial charge on any atom is 0.336 e. The summed E-state index contributed by atoms with van der Waals surface area (Å²) in [5.41, 5.74) is 1.75. The SMILES string of the molecule is CCOC(=O)C1=C(C)N2CCCNC2=C([N+](=O)[O-])C1c1ccccc1. The predicted molar refractivity (Wildman–Crippen MR) is 91.9 cm³/mol.